The summed E-state index contributed by atoms with van der Waals surface area (Å²) in [6.45, 7) is 5.26. The van der Waals surface area contributed by atoms with Crippen molar-refractivity contribution in [3.05, 3.63) is 65.4 Å². The number of halogens is 2. The van der Waals surface area contributed by atoms with Crippen molar-refractivity contribution in [2.45, 2.75) is 37.4 Å². The van der Waals surface area contributed by atoms with Gasteiger partial charge in [-0.15, -0.1) is 0 Å². The molecule has 0 bridgehead atoms. The zero-order valence-corrected chi connectivity index (χ0v) is 20.5. The molecule has 1 saturated heterocycles. The Morgan fingerprint density at radius 1 is 1.24 bits per heavy atom. The fourth-order valence-electron chi connectivity index (χ4n) is 4.11. The number of aldehydes is 1. The highest BCUT2D eigenvalue weighted by atomic mass is 32.2. The topological polar surface area (TPSA) is 58.3 Å². The number of anilines is 1. The highest BCUT2D eigenvalue weighted by molar-refractivity contribution is 7.97. The van der Waals surface area contributed by atoms with Crippen LogP contribution in [-0.2, 0) is 26.7 Å². The number of rotatable bonds is 6. The van der Waals surface area contributed by atoms with Gasteiger partial charge in [0, 0.05) is 67.5 Å². The van der Waals surface area contributed by atoms with E-state index in [1.54, 1.807) is 23.0 Å². The molecule has 5 rings (SSSR count). The van der Waals surface area contributed by atoms with Crippen molar-refractivity contribution in [1.29, 1.82) is 0 Å². The maximum absolute atomic E-state index is 12.7. The largest absolute Gasteiger partial charge is 0.349 e. The van der Waals surface area contributed by atoms with Gasteiger partial charge in [-0.2, -0.15) is 0 Å². The fraction of sp³-hybridized carbons (Fsp3) is 0.417. The Morgan fingerprint density at radius 3 is 2.71 bits per heavy atom. The first kappa shape index (κ1) is 24.4. The number of carbonyl (C=O) groups is 1. The molecule has 10 heteroatoms. The Morgan fingerprint density at radius 2 is 2.03 bits per heavy atom. The summed E-state index contributed by atoms with van der Waals surface area (Å²) in [6.07, 6.45) is 4.68. The van der Waals surface area contributed by atoms with Crippen molar-refractivity contribution in [3.63, 3.8) is 0 Å². The lowest BCUT2D eigenvalue weighted by atomic mass is 10.1. The van der Waals surface area contributed by atoms with Crippen molar-refractivity contribution < 1.29 is 13.6 Å². The van der Waals surface area contributed by atoms with E-state index in [1.807, 2.05) is 36.9 Å². The van der Waals surface area contributed by atoms with E-state index < -0.39 is 5.92 Å². The molecule has 1 N–H and O–H groups in total. The zero-order valence-electron chi connectivity index (χ0n) is 19.7. The molecule has 0 radical (unpaired) electrons. The van der Waals surface area contributed by atoms with Crippen LogP contribution in [0.1, 0.15) is 27.4 Å². The summed E-state index contributed by atoms with van der Waals surface area (Å²) in [5, 5.41) is 2.99. The van der Waals surface area contributed by atoms with Gasteiger partial charge in [0.05, 0.1) is 18.8 Å². The van der Waals surface area contributed by atoms with Gasteiger partial charge in [-0.05, 0) is 50.2 Å². The van der Waals surface area contributed by atoms with E-state index in [0.29, 0.717) is 12.4 Å². The van der Waals surface area contributed by atoms with E-state index in [2.05, 4.69) is 44.4 Å². The van der Waals surface area contributed by atoms with Crippen molar-refractivity contribution >= 4 is 24.1 Å². The van der Waals surface area contributed by atoms with Gasteiger partial charge >= 0.3 is 0 Å². The third-order valence-electron chi connectivity index (χ3n) is 6.11. The second-order valence-corrected chi connectivity index (χ2v) is 9.71. The fourth-order valence-corrected chi connectivity index (χ4v) is 5.20. The number of nitrogens with one attached hydrogen (secondary N) is 1. The van der Waals surface area contributed by atoms with Gasteiger partial charge in [-0.1, -0.05) is 6.07 Å². The van der Waals surface area contributed by atoms with Crippen molar-refractivity contribution in [2.75, 3.05) is 31.6 Å². The lowest BCUT2D eigenvalue weighted by Crippen LogP contribution is -2.57. The van der Waals surface area contributed by atoms with E-state index >= 15 is 0 Å². The minimum absolute atomic E-state index is 0.222. The van der Waals surface area contributed by atoms with Crippen LogP contribution in [0.4, 0.5) is 14.6 Å². The first-order valence-corrected chi connectivity index (χ1v) is 12.0. The molecule has 0 aliphatic carbocycles. The molecule has 0 unspecified atom stereocenters. The monoisotopic (exact) mass is 488 g/mol. The summed E-state index contributed by atoms with van der Waals surface area (Å²) in [7, 11) is 3.76. The number of aromatic nitrogens is 3. The highest BCUT2D eigenvalue weighted by Gasteiger charge is 2.44. The van der Waals surface area contributed by atoms with Crippen LogP contribution in [0.25, 0.3) is 0 Å². The standard InChI is InChI=1S/C14H17N3OS.C10H13F2N3/c1-11-14(8-13(10-18)15(11)2)19-17-7-6-16-5-3-4-12(16)9-17;1-13-5-8-3-2-4-14-9(8)15-6-10(11,12)7-15/h3-5,8,10H,6-7,9H2,1-2H3;2-4,13H,5-7H2,1H3. The molecule has 1 fully saturated rings. The molecular weight excluding hydrogens is 458 g/mol. The van der Waals surface area contributed by atoms with E-state index in [-0.39, 0.29) is 13.1 Å². The van der Waals surface area contributed by atoms with E-state index in [0.717, 1.165) is 42.9 Å². The molecule has 0 amide bonds. The van der Waals surface area contributed by atoms with Crippen LogP contribution in [0.15, 0.2) is 47.6 Å². The average Bonchev–Trinajstić information content (AvgIpc) is 3.38. The van der Waals surface area contributed by atoms with Crippen LogP contribution >= 0.6 is 11.9 Å². The third kappa shape index (κ3) is 5.34. The average molecular weight is 489 g/mol. The first-order chi connectivity index (χ1) is 16.3. The number of hydrogen-bond acceptors (Lipinski definition) is 6. The molecule has 182 valence electrons. The van der Waals surface area contributed by atoms with E-state index in [4.69, 9.17) is 0 Å². The van der Waals surface area contributed by atoms with Crippen LogP contribution in [0.5, 0.6) is 0 Å². The molecule has 0 aromatic carbocycles. The normalized spacial score (nSPS) is 16.9. The minimum atomic E-state index is -2.55. The summed E-state index contributed by atoms with van der Waals surface area (Å²) in [5.41, 5.74) is 4.19. The van der Waals surface area contributed by atoms with Crippen LogP contribution in [-0.4, -0.2) is 57.3 Å². The molecule has 2 aliphatic heterocycles. The molecular formula is C24H30F2N6OS. The number of pyridine rings is 1. The van der Waals surface area contributed by atoms with Gasteiger partial charge in [0.2, 0.25) is 0 Å². The van der Waals surface area contributed by atoms with Crippen LogP contribution in [0.3, 0.4) is 0 Å². The second kappa shape index (κ2) is 10.3. The molecule has 0 spiro atoms. The Hall–Kier alpha value is -2.69. The van der Waals surface area contributed by atoms with E-state index in [1.165, 1.54) is 10.6 Å². The highest BCUT2D eigenvalue weighted by Crippen LogP contribution is 2.32. The molecule has 7 nitrogen and oxygen atoms in total. The molecule has 2 aliphatic rings. The van der Waals surface area contributed by atoms with Gasteiger partial charge in [0.15, 0.2) is 6.29 Å². The van der Waals surface area contributed by atoms with Gasteiger partial charge in [0.1, 0.15) is 5.82 Å². The smallest absolute Gasteiger partial charge is 0.282 e. The number of alkyl halides is 2. The predicted octanol–water partition coefficient (Wildman–Crippen LogP) is 3.73. The lowest BCUT2D eigenvalue weighted by molar-refractivity contribution is -0.0267. The summed E-state index contributed by atoms with van der Waals surface area (Å²) in [4.78, 5) is 17.9. The summed E-state index contributed by atoms with van der Waals surface area (Å²) < 4.78 is 32.0. The summed E-state index contributed by atoms with van der Waals surface area (Å²) >= 11 is 1.75. The maximum atomic E-state index is 12.7. The lowest BCUT2D eigenvalue weighted by Gasteiger charge is -2.40. The predicted molar refractivity (Wildman–Crippen MR) is 130 cm³/mol. The summed E-state index contributed by atoms with van der Waals surface area (Å²) in [5.74, 6) is -1.88. The van der Waals surface area contributed by atoms with Gasteiger partial charge in [0.25, 0.3) is 5.92 Å². The van der Waals surface area contributed by atoms with Crippen LogP contribution in [0, 0.1) is 6.92 Å². The van der Waals surface area contributed by atoms with Crippen molar-refractivity contribution in [1.82, 2.24) is 23.7 Å². The van der Waals surface area contributed by atoms with Crippen molar-refractivity contribution in [3.8, 4) is 0 Å². The van der Waals surface area contributed by atoms with Crippen LogP contribution in [0.2, 0.25) is 0 Å². The van der Waals surface area contributed by atoms with Crippen LogP contribution < -0.4 is 10.2 Å². The molecule has 0 atom stereocenters. The van der Waals surface area contributed by atoms with Gasteiger partial charge in [-0.25, -0.2) is 18.1 Å². The Balaban J connectivity index is 0.000000166. The second-order valence-electron chi connectivity index (χ2n) is 8.57. The minimum Gasteiger partial charge on any atom is -0.349 e. The summed E-state index contributed by atoms with van der Waals surface area (Å²) in [6, 6.07) is 9.95. The molecule has 34 heavy (non-hydrogen) atoms. The SMILES string of the molecule is CNCc1cccnc1N1CC(F)(F)C1.Cc1c(SN2CCn3cccc3C2)cc(C=O)n1C. The number of nitrogens with zero attached hydrogens (tertiary/aromatic N) is 5. The molecule has 5 heterocycles. The molecule has 0 saturated carbocycles. The maximum Gasteiger partial charge on any atom is 0.282 e. The number of carbonyl (C=O) groups excluding carboxylic acids is 1. The Kier molecular flexibility index (Phi) is 7.39. The molecule has 3 aromatic heterocycles. The molecule has 3 aromatic rings. The Labute approximate surface area is 202 Å². The van der Waals surface area contributed by atoms with Gasteiger partial charge < -0.3 is 19.4 Å². The first-order valence-electron chi connectivity index (χ1n) is 11.2. The number of hydrogen-bond donors (Lipinski definition) is 1. The quantitative estimate of drug-likeness (QED) is 0.422. The Bertz CT molecular complexity index is 1140. The van der Waals surface area contributed by atoms with Crippen molar-refractivity contribution in [2.24, 2.45) is 7.05 Å². The zero-order chi connectivity index (χ0) is 24.3. The third-order valence-corrected chi connectivity index (χ3v) is 7.28. The van der Waals surface area contributed by atoms with E-state index in [9.17, 15) is 13.6 Å². The van der Waals surface area contributed by atoms with Gasteiger partial charge in [-0.3, -0.25) is 4.79 Å². The number of fused-ring (bicyclic) bond motifs is 1.